The van der Waals surface area contributed by atoms with Crippen molar-refractivity contribution >= 4 is 0 Å². The maximum Gasteiger partial charge on any atom is 0.0143 e. The summed E-state index contributed by atoms with van der Waals surface area (Å²) in [4.78, 5) is 0. The summed E-state index contributed by atoms with van der Waals surface area (Å²) in [5.41, 5.74) is 1.23. The molecule has 0 aromatic carbocycles. The summed E-state index contributed by atoms with van der Waals surface area (Å²) in [5, 5.41) is 3.41. The van der Waals surface area contributed by atoms with Crippen molar-refractivity contribution in [2.24, 2.45) is 0 Å². The van der Waals surface area contributed by atoms with E-state index in [9.17, 15) is 0 Å². The predicted octanol–water partition coefficient (Wildman–Crippen LogP) is 4.25. The zero-order valence-corrected chi connectivity index (χ0v) is 10.1. The molecule has 0 aliphatic rings. The minimum absolute atomic E-state index is 1.12. The van der Waals surface area contributed by atoms with Crippen molar-refractivity contribution in [2.75, 3.05) is 6.54 Å². The van der Waals surface area contributed by atoms with Crippen LogP contribution in [0.3, 0.4) is 0 Å². The van der Waals surface area contributed by atoms with Gasteiger partial charge in [0.2, 0.25) is 0 Å². The first-order chi connectivity index (χ1) is 6.81. The predicted molar refractivity (Wildman–Crippen MR) is 65.4 cm³/mol. The second-order valence-corrected chi connectivity index (χ2v) is 4.05. The van der Waals surface area contributed by atoms with Gasteiger partial charge in [0.25, 0.3) is 0 Å². The van der Waals surface area contributed by atoms with Crippen LogP contribution in [0.2, 0.25) is 0 Å². The van der Waals surface area contributed by atoms with Gasteiger partial charge in [-0.25, -0.2) is 0 Å². The summed E-state index contributed by atoms with van der Waals surface area (Å²) in [6.45, 7) is 9.63. The maximum absolute atomic E-state index is 4.03. The topological polar surface area (TPSA) is 12.0 Å². The summed E-state index contributed by atoms with van der Waals surface area (Å²) in [6.07, 6.45) is 10.4. The van der Waals surface area contributed by atoms with Crippen molar-refractivity contribution in [3.05, 3.63) is 12.3 Å². The highest BCUT2D eigenvalue weighted by molar-refractivity contribution is 4.90. The fraction of sp³-hybridized carbons (Fsp3) is 0.846. The molecule has 0 unspecified atom stereocenters. The first kappa shape index (κ1) is 13.5. The van der Waals surface area contributed by atoms with E-state index in [1.54, 1.807) is 0 Å². The Morgan fingerprint density at radius 1 is 0.929 bits per heavy atom. The van der Waals surface area contributed by atoms with E-state index < -0.39 is 0 Å². The number of hydrogen-bond donors (Lipinski definition) is 1. The smallest absolute Gasteiger partial charge is 0.0143 e. The lowest BCUT2D eigenvalue weighted by Gasteiger charge is -2.08. The van der Waals surface area contributed by atoms with E-state index in [4.69, 9.17) is 0 Å². The highest BCUT2D eigenvalue weighted by Crippen LogP contribution is 2.05. The largest absolute Gasteiger partial charge is 0.389 e. The van der Waals surface area contributed by atoms with Gasteiger partial charge in [0.1, 0.15) is 0 Å². The molecule has 0 saturated carbocycles. The van der Waals surface area contributed by atoms with Crippen LogP contribution in [0.5, 0.6) is 0 Å². The Hall–Kier alpha value is -0.460. The van der Waals surface area contributed by atoms with Gasteiger partial charge in [0, 0.05) is 12.2 Å². The van der Waals surface area contributed by atoms with Crippen LogP contribution in [-0.4, -0.2) is 6.54 Å². The van der Waals surface area contributed by atoms with Crippen LogP contribution in [-0.2, 0) is 0 Å². The number of nitrogens with one attached hydrogen (secondary N) is 1. The Bertz CT molecular complexity index is 129. The van der Waals surface area contributed by atoms with Gasteiger partial charge in [-0.3, -0.25) is 0 Å². The molecule has 1 heteroatoms. The zero-order chi connectivity index (χ0) is 10.6. The van der Waals surface area contributed by atoms with E-state index in [-0.39, 0.29) is 0 Å². The first-order valence-corrected chi connectivity index (χ1v) is 6.22. The molecule has 0 fully saturated rings. The van der Waals surface area contributed by atoms with E-state index in [2.05, 4.69) is 25.7 Å². The van der Waals surface area contributed by atoms with Crippen LogP contribution in [0.15, 0.2) is 12.3 Å². The van der Waals surface area contributed by atoms with Crippen LogP contribution in [0.4, 0.5) is 0 Å². The third-order valence-electron chi connectivity index (χ3n) is 2.49. The van der Waals surface area contributed by atoms with E-state index in [1.807, 2.05) is 0 Å². The maximum atomic E-state index is 4.03. The van der Waals surface area contributed by atoms with Gasteiger partial charge in [-0.15, -0.1) is 0 Å². The summed E-state index contributed by atoms with van der Waals surface area (Å²) in [6, 6.07) is 0. The fourth-order valence-electron chi connectivity index (χ4n) is 1.49. The van der Waals surface area contributed by atoms with Gasteiger partial charge in [-0.05, 0) is 19.3 Å². The van der Waals surface area contributed by atoms with Crippen LogP contribution in [0, 0.1) is 0 Å². The Balaban J connectivity index is 3.10. The molecule has 0 rings (SSSR count). The van der Waals surface area contributed by atoms with E-state index >= 15 is 0 Å². The number of unbranched alkanes of at least 4 members (excludes halogenated alkanes) is 5. The first-order valence-electron chi connectivity index (χ1n) is 6.22. The summed E-state index contributed by atoms with van der Waals surface area (Å²) >= 11 is 0. The highest BCUT2D eigenvalue weighted by Gasteiger charge is 1.93. The second kappa shape index (κ2) is 10.6. The molecule has 0 amide bonds. The Morgan fingerprint density at radius 2 is 1.57 bits per heavy atom. The van der Waals surface area contributed by atoms with Crippen LogP contribution in [0.25, 0.3) is 0 Å². The Kier molecular flexibility index (Phi) is 10.3. The van der Waals surface area contributed by atoms with Crippen molar-refractivity contribution in [2.45, 2.75) is 65.2 Å². The molecule has 0 aromatic rings. The van der Waals surface area contributed by atoms with E-state index in [0.717, 1.165) is 13.0 Å². The normalized spacial score (nSPS) is 10.1. The average Bonchev–Trinajstić information content (AvgIpc) is 2.18. The van der Waals surface area contributed by atoms with Gasteiger partial charge >= 0.3 is 0 Å². The molecular weight excluding hydrogens is 170 g/mol. The van der Waals surface area contributed by atoms with Crippen molar-refractivity contribution in [1.82, 2.24) is 5.32 Å². The van der Waals surface area contributed by atoms with Crippen LogP contribution in [0.1, 0.15) is 65.2 Å². The standard InChI is InChI=1S/C13H27N/c1-4-6-8-10-12-14-13(3)11-9-7-5-2/h14H,3-12H2,1-2H3. The van der Waals surface area contributed by atoms with Crippen molar-refractivity contribution in [3.8, 4) is 0 Å². The van der Waals surface area contributed by atoms with Gasteiger partial charge in [0.15, 0.2) is 0 Å². The number of rotatable bonds is 10. The molecule has 0 heterocycles. The van der Waals surface area contributed by atoms with Gasteiger partial charge in [-0.2, -0.15) is 0 Å². The second-order valence-electron chi connectivity index (χ2n) is 4.05. The molecule has 0 atom stereocenters. The molecule has 0 radical (unpaired) electrons. The van der Waals surface area contributed by atoms with Crippen LogP contribution >= 0.6 is 0 Å². The molecular formula is C13H27N. The lowest BCUT2D eigenvalue weighted by Crippen LogP contribution is -2.13. The van der Waals surface area contributed by atoms with Crippen molar-refractivity contribution < 1.29 is 0 Å². The molecule has 0 bridgehead atoms. The molecule has 14 heavy (non-hydrogen) atoms. The average molecular weight is 197 g/mol. The van der Waals surface area contributed by atoms with Gasteiger partial charge < -0.3 is 5.32 Å². The van der Waals surface area contributed by atoms with Gasteiger partial charge in [0.05, 0.1) is 0 Å². The number of allylic oxidation sites excluding steroid dienone is 1. The lowest BCUT2D eigenvalue weighted by atomic mass is 10.1. The third kappa shape index (κ3) is 9.63. The Labute approximate surface area is 90.0 Å². The lowest BCUT2D eigenvalue weighted by molar-refractivity contribution is 0.613. The SMILES string of the molecule is C=C(CCCCC)NCCCCCC. The van der Waals surface area contributed by atoms with E-state index in [1.165, 1.54) is 50.6 Å². The molecule has 1 N–H and O–H groups in total. The molecule has 0 aromatic heterocycles. The minimum Gasteiger partial charge on any atom is -0.389 e. The molecule has 0 spiro atoms. The summed E-state index contributed by atoms with van der Waals surface area (Å²) < 4.78 is 0. The summed E-state index contributed by atoms with van der Waals surface area (Å²) in [5.74, 6) is 0. The van der Waals surface area contributed by atoms with Gasteiger partial charge in [-0.1, -0.05) is 52.5 Å². The molecule has 84 valence electrons. The molecule has 1 nitrogen and oxygen atoms in total. The monoisotopic (exact) mass is 197 g/mol. The van der Waals surface area contributed by atoms with Crippen LogP contribution < -0.4 is 5.32 Å². The number of hydrogen-bond acceptors (Lipinski definition) is 1. The Morgan fingerprint density at radius 3 is 2.21 bits per heavy atom. The van der Waals surface area contributed by atoms with E-state index in [0.29, 0.717) is 0 Å². The highest BCUT2D eigenvalue weighted by atomic mass is 14.9. The van der Waals surface area contributed by atoms with Crippen molar-refractivity contribution in [1.29, 1.82) is 0 Å². The zero-order valence-electron chi connectivity index (χ0n) is 10.1. The fourth-order valence-corrected chi connectivity index (χ4v) is 1.49. The van der Waals surface area contributed by atoms with Crippen molar-refractivity contribution in [3.63, 3.8) is 0 Å². The third-order valence-corrected chi connectivity index (χ3v) is 2.49. The molecule has 0 aliphatic carbocycles. The molecule has 0 aliphatic heterocycles. The minimum atomic E-state index is 1.12. The molecule has 0 saturated heterocycles. The quantitative estimate of drug-likeness (QED) is 0.516. The summed E-state index contributed by atoms with van der Waals surface area (Å²) in [7, 11) is 0.